The topological polar surface area (TPSA) is 84.2 Å². The lowest BCUT2D eigenvalue weighted by Gasteiger charge is -2.11. The summed E-state index contributed by atoms with van der Waals surface area (Å²) in [6.45, 7) is 2.80. The van der Waals surface area contributed by atoms with Gasteiger partial charge < -0.3 is 9.47 Å². The number of carbonyl (C=O) groups is 1. The van der Waals surface area contributed by atoms with E-state index in [9.17, 15) is 10.1 Å². The van der Waals surface area contributed by atoms with Crippen LogP contribution in [0.3, 0.4) is 0 Å². The van der Waals surface area contributed by atoms with E-state index in [4.69, 9.17) is 9.47 Å². The van der Waals surface area contributed by atoms with Gasteiger partial charge in [-0.15, -0.1) is 11.3 Å². The van der Waals surface area contributed by atoms with Crippen LogP contribution >= 0.6 is 11.3 Å². The molecule has 0 fully saturated rings. The molecule has 6 nitrogen and oxygen atoms in total. The maximum atomic E-state index is 12.2. The summed E-state index contributed by atoms with van der Waals surface area (Å²) in [7, 11) is 1.56. The molecule has 0 aliphatic heterocycles. The molecule has 27 heavy (non-hydrogen) atoms. The van der Waals surface area contributed by atoms with Crippen LogP contribution in [0.4, 0.5) is 5.13 Å². The predicted molar refractivity (Wildman–Crippen MR) is 107 cm³/mol. The summed E-state index contributed by atoms with van der Waals surface area (Å²) in [5.74, 6) is 0.719. The van der Waals surface area contributed by atoms with E-state index in [0.717, 1.165) is 12.8 Å². The predicted octanol–water partition coefficient (Wildman–Crippen LogP) is 4.66. The molecular weight excluding hydrogens is 362 g/mol. The van der Waals surface area contributed by atoms with E-state index in [2.05, 4.69) is 17.2 Å². The van der Waals surface area contributed by atoms with Gasteiger partial charge in [0.2, 0.25) is 0 Å². The molecule has 2 aromatic rings. The third kappa shape index (κ3) is 6.42. The Hall–Kier alpha value is -2.85. The van der Waals surface area contributed by atoms with E-state index in [1.807, 2.05) is 6.07 Å². The van der Waals surface area contributed by atoms with Gasteiger partial charge in [-0.25, -0.2) is 4.98 Å². The van der Waals surface area contributed by atoms with Crippen molar-refractivity contribution < 1.29 is 14.3 Å². The largest absolute Gasteiger partial charge is 0.493 e. The lowest BCUT2D eigenvalue weighted by atomic mass is 10.1. The van der Waals surface area contributed by atoms with Crippen LogP contribution in [-0.2, 0) is 4.79 Å². The van der Waals surface area contributed by atoms with Gasteiger partial charge >= 0.3 is 0 Å². The number of nitriles is 1. The van der Waals surface area contributed by atoms with Crippen molar-refractivity contribution in [3.8, 4) is 17.6 Å². The number of methoxy groups -OCH3 is 1. The number of carbonyl (C=O) groups excluding carboxylic acids is 1. The van der Waals surface area contributed by atoms with Crippen LogP contribution in [0.5, 0.6) is 11.5 Å². The molecule has 0 bridgehead atoms. The number of hydrogen-bond donors (Lipinski definition) is 1. The summed E-state index contributed by atoms with van der Waals surface area (Å²) in [4.78, 5) is 16.2. The number of benzene rings is 1. The van der Waals surface area contributed by atoms with Gasteiger partial charge in [0.25, 0.3) is 5.91 Å². The molecule has 1 amide bonds. The molecule has 7 heteroatoms. The molecular formula is C20H23N3O3S. The van der Waals surface area contributed by atoms with Crippen LogP contribution in [0.15, 0.2) is 35.3 Å². The van der Waals surface area contributed by atoms with E-state index in [-0.39, 0.29) is 5.57 Å². The Morgan fingerprint density at radius 1 is 1.33 bits per heavy atom. The molecule has 0 spiro atoms. The van der Waals surface area contributed by atoms with Gasteiger partial charge in [0.15, 0.2) is 16.6 Å². The van der Waals surface area contributed by atoms with Crippen molar-refractivity contribution in [2.24, 2.45) is 0 Å². The third-order valence-corrected chi connectivity index (χ3v) is 4.46. The van der Waals surface area contributed by atoms with Gasteiger partial charge in [-0.1, -0.05) is 32.3 Å². The first kappa shape index (κ1) is 20.5. The molecule has 0 radical (unpaired) electrons. The molecule has 0 saturated carbocycles. The van der Waals surface area contributed by atoms with Crippen LogP contribution in [0, 0.1) is 11.3 Å². The average Bonchev–Trinajstić information content (AvgIpc) is 3.19. The first-order chi connectivity index (χ1) is 13.2. The number of amides is 1. The molecule has 0 unspecified atom stereocenters. The number of rotatable bonds is 10. The summed E-state index contributed by atoms with van der Waals surface area (Å²) >= 11 is 1.29. The van der Waals surface area contributed by atoms with Crippen LogP contribution in [-0.4, -0.2) is 24.6 Å². The Kier molecular flexibility index (Phi) is 8.33. The first-order valence-corrected chi connectivity index (χ1v) is 9.69. The maximum Gasteiger partial charge on any atom is 0.268 e. The number of aromatic nitrogens is 1. The molecule has 1 N–H and O–H groups in total. The highest BCUT2D eigenvalue weighted by Gasteiger charge is 2.12. The zero-order chi connectivity index (χ0) is 19.5. The number of nitrogens with one attached hydrogen (secondary N) is 1. The minimum Gasteiger partial charge on any atom is -0.493 e. The number of anilines is 1. The third-order valence-electron chi connectivity index (χ3n) is 3.77. The average molecular weight is 385 g/mol. The number of nitrogens with zero attached hydrogens (tertiary/aromatic N) is 2. The van der Waals surface area contributed by atoms with Gasteiger partial charge in [0, 0.05) is 11.6 Å². The van der Waals surface area contributed by atoms with E-state index >= 15 is 0 Å². The fourth-order valence-corrected chi connectivity index (χ4v) is 2.89. The van der Waals surface area contributed by atoms with E-state index in [1.54, 1.807) is 36.9 Å². The second-order valence-corrected chi connectivity index (χ2v) is 6.68. The zero-order valence-electron chi connectivity index (χ0n) is 15.5. The Balaban J connectivity index is 2.06. The number of hydrogen-bond acceptors (Lipinski definition) is 6. The van der Waals surface area contributed by atoms with Crippen LogP contribution < -0.4 is 14.8 Å². The number of thiazole rings is 1. The van der Waals surface area contributed by atoms with Crippen molar-refractivity contribution in [1.29, 1.82) is 5.26 Å². The van der Waals surface area contributed by atoms with Gasteiger partial charge in [-0.2, -0.15) is 5.26 Å². The molecule has 0 atom stereocenters. The van der Waals surface area contributed by atoms with Gasteiger partial charge in [-0.05, 0) is 30.2 Å². The van der Waals surface area contributed by atoms with Crippen LogP contribution in [0.1, 0.15) is 38.2 Å². The Morgan fingerprint density at radius 3 is 2.85 bits per heavy atom. The summed E-state index contributed by atoms with van der Waals surface area (Å²) < 4.78 is 11.2. The van der Waals surface area contributed by atoms with Gasteiger partial charge in [0.05, 0.1) is 13.7 Å². The van der Waals surface area contributed by atoms with Crippen molar-refractivity contribution in [2.75, 3.05) is 19.0 Å². The van der Waals surface area contributed by atoms with Crippen molar-refractivity contribution in [2.45, 2.75) is 32.6 Å². The summed E-state index contributed by atoms with van der Waals surface area (Å²) in [5.41, 5.74) is 0.663. The molecule has 1 aromatic heterocycles. The molecule has 0 saturated heterocycles. The lowest BCUT2D eigenvalue weighted by Crippen LogP contribution is -2.13. The quantitative estimate of drug-likeness (QED) is 0.365. The normalized spacial score (nSPS) is 10.9. The van der Waals surface area contributed by atoms with Crippen molar-refractivity contribution in [1.82, 2.24) is 4.98 Å². The smallest absolute Gasteiger partial charge is 0.268 e. The Bertz CT molecular complexity index is 810. The second-order valence-electron chi connectivity index (χ2n) is 5.78. The molecule has 142 valence electrons. The number of ether oxygens (including phenoxy) is 2. The van der Waals surface area contributed by atoms with Crippen LogP contribution in [0.2, 0.25) is 0 Å². The Morgan fingerprint density at radius 2 is 2.19 bits per heavy atom. The first-order valence-electron chi connectivity index (χ1n) is 8.81. The summed E-state index contributed by atoms with van der Waals surface area (Å²) in [6.07, 6.45) is 7.61. The molecule has 0 aliphatic rings. The van der Waals surface area contributed by atoms with Crippen molar-refractivity contribution in [3.63, 3.8) is 0 Å². The molecule has 0 aliphatic carbocycles. The standard InChI is InChI=1S/C20H23N3O3S/c1-3-4-5-6-10-26-17-8-7-15(13-18(17)25-2)12-16(14-21)19(24)23-20-22-9-11-27-20/h7-9,11-13H,3-6,10H2,1-2H3,(H,22,23,24)/b16-12+. The van der Waals surface area contributed by atoms with Crippen molar-refractivity contribution in [3.05, 3.63) is 40.9 Å². The second kappa shape index (κ2) is 11.0. The summed E-state index contributed by atoms with van der Waals surface area (Å²) in [6, 6.07) is 7.25. The minimum atomic E-state index is -0.498. The van der Waals surface area contributed by atoms with E-state index in [1.165, 1.54) is 30.3 Å². The summed E-state index contributed by atoms with van der Waals surface area (Å²) in [5, 5.41) is 14.1. The fourth-order valence-electron chi connectivity index (χ4n) is 2.37. The number of unbranched alkanes of at least 4 members (excludes halogenated alkanes) is 3. The van der Waals surface area contributed by atoms with E-state index in [0.29, 0.717) is 28.8 Å². The zero-order valence-corrected chi connectivity index (χ0v) is 16.3. The van der Waals surface area contributed by atoms with Crippen molar-refractivity contribution >= 4 is 28.5 Å². The fraction of sp³-hybridized carbons (Fsp3) is 0.350. The highest BCUT2D eigenvalue weighted by atomic mass is 32.1. The molecule has 1 heterocycles. The molecule has 1 aromatic carbocycles. The monoisotopic (exact) mass is 385 g/mol. The van der Waals surface area contributed by atoms with Crippen LogP contribution in [0.25, 0.3) is 6.08 Å². The Labute approximate surface area is 163 Å². The lowest BCUT2D eigenvalue weighted by molar-refractivity contribution is -0.112. The molecule has 2 rings (SSSR count). The SMILES string of the molecule is CCCCCCOc1ccc(/C=C(\C#N)C(=O)Nc2nccs2)cc1OC. The minimum absolute atomic E-state index is 0.0134. The maximum absolute atomic E-state index is 12.2. The van der Waals surface area contributed by atoms with Gasteiger partial charge in [-0.3, -0.25) is 10.1 Å². The van der Waals surface area contributed by atoms with E-state index < -0.39 is 5.91 Å². The highest BCUT2D eigenvalue weighted by Crippen LogP contribution is 2.29. The highest BCUT2D eigenvalue weighted by molar-refractivity contribution is 7.13. The van der Waals surface area contributed by atoms with Gasteiger partial charge in [0.1, 0.15) is 11.6 Å².